The highest BCUT2D eigenvalue weighted by molar-refractivity contribution is 6.31. The van der Waals surface area contributed by atoms with Crippen LogP contribution < -0.4 is 4.74 Å². The summed E-state index contributed by atoms with van der Waals surface area (Å²) >= 11 is 5.35. The van der Waals surface area contributed by atoms with Gasteiger partial charge in [0.25, 0.3) is 5.69 Å². The van der Waals surface area contributed by atoms with Gasteiger partial charge in [-0.15, -0.1) is 11.6 Å². The number of hydrogen-bond donors (Lipinski definition) is 0. The van der Waals surface area contributed by atoms with Crippen molar-refractivity contribution >= 4 is 23.1 Å². The predicted molar refractivity (Wildman–Crippen MR) is 59.4 cm³/mol. The third-order valence-corrected chi connectivity index (χ3v) is 2.29. The van der Waals surface area contributed by atoms with Gasteiger partial charge < -0.3 is 4.74 Å². The van der Waals surface area contributed by atoms with Crippen molar-refractivity contribution in [2.75, 3.05) is 13.0 Å². The maximum Gasteiger partial charge on any atom is 0.285 e. The lowest BCUT2D eigenvalue weighted by atomic mass is 10.0. The second-order valence-electron chi connectivity index (χ2n) is 2.99. The molecule has 0 amide bonds. The number of carbonyl (C=O) groups excluding carboxylic acids is 1. The molecular formula is C10H7ClN2O4. The number of nitro benzene ring substituents is 1. The molecule has 17 heavy (non-hydrogen) atoms. The Morgan fingerprint density at radius 3 is 2.71 bits per heavy atom. The van der Waals surface area contributed by atoms with Gasteiger partial charge in [0.15, 0.2) is 5.78 Å². The summed E-state index contributed by atoms with van der Waals surface area (Å²) in [6, 6.07) is 4.06. The maximum atomic E-state index is 11.5. The molecule has 7 heteroatoms. The van der Waals surface area contributed by atoms with E-state index in [1.165, 1.54) is 13.2 Å². The molecule has 0 aliphatic heterocycles. The second-order valence-corrected chi connectivity index (χ2v) is 3.26. The van der Waals surface area contributed by atoms with Crippen LogP contribution in [0.1, 0.15) is 15.9 Å². The fraction of sp³-hybridized carbons (Fsp3) is 0.200. The highest BCUT2D eigenvalue weighted by Gasteiger charge is 2.25. The minimum absolute atomic E-state index is 0.123. The molecule has 0 unspecified atom stereocenters. The second kappa shape index (κ2) is 5.27. The smallest absolute Gasteiger partial charge is 0.285 e. The lowest BCUT2D eigenvalue weighted by Gasteiger charge is -2.05. The average molecular weight is 255 g/mol. The van der Waals surface area contributed by atoms with Crippen molar-refractivity contribution in [3.63, 3.8) is 0 Å². The van der Waals surface area contributed by atoms with Crippen LogP contribution in [-0.2, 0) is 0 Å². The maximum absolute atomic E-state index is 11.5. The molecule has 6 nitrogen and oxygen atoms in total. The summed E-state index contributed by atoms with van der Waals surface area (Å²) in [4.78, 5) is 21.6. The number of Topliss-reactive ketones (excluding diaryl/α,β-unsaturated/α-hetero) is 1. The Hall–Kier alpha value is -2.13. The Labute approximate surface area is 102 Å². The van der Waals surface area contributed by atoms with Crippen LogP contribution in [0.3, 0.4) is 0 Å². The van der Waals surface area contributed by atoms with E-state index in [-0.39, 0.29) is 16.9 Å². The van der Waals surface area contributed by atoms with E-state index < -0.39 is 22.3 Å². The van der Waals surface area contributed by atoms with E-state index in [4.69, 9.17) is 21.6 Å². The van der Waals surface area contributed by atoms with Crippen molar-refractivity contribution in [2.24, 2.45) is 0 Å². The molecular weight excluding hydrogens is 248 g/mol. The number of hydrogen-bond acceptors (Lipinski definition) is 5. The number of ether oxygens (including phenoxy) is 1. The van der Waals surface area contributed by atoms with Gasteiger partial charge in [-0.1, -0.05) is 0 Å². The van der Waals surface area contributed by atoms with Crippen molar-refractivity contribution in [1.82, 2.24) is 0 Å². The zero-order valence-electron chi connectivity index (χ0n) is 8.77. The van der Waals surface area contributed by atoms with Crippen molar-refractivity contribution in [2.45, 2.75) is 0 Å². The van der Waals surface area contributed by atoms with Crippen LogP contribution in [0.5, 0.6) is 5.75 Å². The predicted octanol–water partition coefficient (Wildman–Crippen LogP) is 1.90. The van der Waals surface area contributed by atoms with E-state index in [2.05, 4.69) is 0 Å². The van der Waals surface area contributed by atoms with Crippen LogP contribution >= 0.6 is 11.6 Å². The summed E-state index contributed by atoms with van der Waals surface area (Å²) in [5, 5.41) is 19.7. The minimum atomic E-state index is -0.747. The largest absolute Gasteiger partial charge is 0.496 e. The Balaban J connectivity index is 3.59. The molecule has 0 radical (unpaired) electrons. The number of alkyl halides is 1. The van der Waals surface area contributed by atoms with Gasteiger partial charge in [-0.2, -0.15) is 5.26 Å². The standard InChI is InChI=1S/C10H7ClN2O4/c1-17-7-2-6(5-12)10(9(14)4-11)8(3-7)13(15)16/h2-3H,4H2,1H3. The molecule has 88 valence electrons. The number of nitrogens with zero attached hydrogens (tertiary/aromatic N) is 2. The van der Waals surface area contributed by atoms with Gasteiger partial charge >= 0.3 is 0 Å². The molecule has 1 aromatic carbocycles. The summed E-state index contributed by atoms with van der Waals surface area (Å²) in [6.07, 6.45) is 0. The summed E-state index contributed by atoms with van der Waals surface area (Å²) < 4.78 is 4.82. The highest BCUT2D eigenvalue weighted by atomic mass is 35.5. The van der Waals surface area contributed by atoms with Crippen molar-refractivity contribution in [3.8, 4) is 11.8 Å². The molecule has 0 heterocycles. The number of nitriles is 1. The molecule has 1 rings (SSSR count). The van der Waals surface area contributed by atoms with E-state index in [0.717, 1.165) is 6.07 Å². The fourth-order valence-electron chi connectivity index (χ4n) is 1.31. The third-order valence-electron chi connectivity index (χ3n) is 2.04. The molecule has 0 N–H and O–H groups in total. The molecule has 0 saturated carbocycles. The minimum Gasteiger partial charge on any atom is -0.496 e. The molecule has 0 bridgehead atoms. The normalized spacial score (nSPS) is 9.47. The first kappa shape index (κ1) is 12.9. The van der Waals surface area contributed by atoms with Gasteiger partial charge in [-0.3, -0.25) is 14.9 Å². The van der Waals surface area contributed by atoms with E-state index in [0.29, 0.717) is 0 Å². The van der Waals surface area contributed by atoms with Crippen LogP contribution in [0.4, 0.5) is 5.69 Å². The SMILES string of the molecule is COc1cc(C#N)c(C(=O)CCl)c([N+](=O)[O-])c1. The van der Waals surface area contributed by atoms with Gasteiger partial charge in [-0.25, -0.2) is 0 Å². The van der Waals surface area contributed by atoms with Gasteiger partial charge in [0.05, 0.1) is 29.5 Å². The topological polar surface area (TPSA) is 93.2 Å². The van der Waals surface area contributed by atoms with Crippen LogP contribution in [0.2, 0.25) is 0 Å². The monoisotopic (exact) mass is 254 g/mol. The lowest BCUT2D eigenvalue weighted by Crippen LogP contribution is -2.08. The summed E-state index contributed by atoms with van der Waals surface area (Å²) in [7, 11) is 1.31. The molecule has 0 aliphatic carbocycles. The van der Waals surface area contributed by atoms with Crippen LogP contribution in [0.15, 0.2) is 12.1 Å². The van der Waals surface area contributed by atoms with Gasteiger partial charge in [0.2, 0.25) is 0 Å². The first-order valence-corrected chi connectivity index (χ1v) is 4.94. The van der Waals surface area contributed by atoms with Gasteiger partial charge in [0.1, 0.15) is 17.4 Å². The first-order valence-electron chi connectivity index (χ1n) is 4.40. The van der Waals surface area contributed by atoms with Crippen molar-refractivity contribution < 1.29 is 14.5 Å². The van der Waals surface area contributed by atoms with Crippen LogP contribution in [0.25, 0.3) is 0 Å². The summed E-state index contributed by atoms with van der Waals surface area (Å²) in [6.45, 7) is 0. The third kappa shape index (κ3) is 2.52. The van der Waals surface area contributed by atoms with E-state index in [9.17, 15) is 14.9 Å². The van der Waals surface area contributed by atoms with Crippen molar-refractivity contribution in [3.05, 3.63) is 33.4 Å². The molecule has 0 aliphatic rings. The molecule has 1 aromatic rings. The van der Waals surface area contributed by atoms with Crippen LogP contribution in [0, 0.1) is 21.4 Å². The quantitative estimate of drug-likeness (QED) is 0.354. The zero-order valence-corrected chi connectivity index (χ0v) is 9.52. The Bertz CT molecular complexity index is 522. The number of methoxy groups -OCH3 is 1. The molecule has 0 atom stereocenters. The van der Waals surface area contributed by atoms with Crippen LogP contribution in [-0.4, -0.2) is 23.7 Å². The molecule has 0 spiro atoms. The fourth-order valence-corrected chi connectivity index (χ4v) is 1.44. The first-order chi connectivity index (χ1) is 8.04. The Morgan fingerprint density at radius 2 is 2.29 bits per heavy atom. The Morgan fingerprint density at radius 1 is 1.65 bits per heavy atom. The Kier molecular flexibility index (Phi) is 4.01. The summed E-state index contributed by atoms with van der Waals surface area (Å²) in [5.41, 5.74) is -0.887. The van der Waals surface area contributed by atoms with E-state index >= 15 is 0 Å². The van der Waals surface area contributed by atoms with E-state index in [1.807, 2.05) is 0 Å². The number of rotatable bonds is 4. The average Bonchev–Trinajstić information content (AvgIpc) is 2.35. The number of halogens is 1. The van der Waals surface area contributed by atoms with E-state index in [1.54, 1.807) is 6.07 Å². The van der Waals surface area contributed by atoms with Gasteiger partial charge in [-0.05, 0) is 6.07 Å². The lowest BCUT2D eigenvalue weighted by molar-refractivity contribution is -0.385. The number of carbonyl (C=O) groups is 1. The number of ketones is 1. The molecule has 0 saturated heterocycles. The number of benzene rings is 1. The zero-order chi connectivity index (χ0) is 13.0. The summed E-state index contributed by atoms with van der Waals surface area (Å²) in [5.74, 6) is -0.959. The molecule has 0 fully saturated rings. The number of nitro groups is 1. The molecule has 0 aromatic heterocycles. The van der Waals surface area contributed by atoms with Gasteiger partial charge in [0, 0.05) is 0 Å². The van der Waals surface area contributed by atoms with Crippen molar-refractivity contribution in [1.29, 1.82) is 5.26 Å². The highest BCUT2D eigenvalue weighted by Crippen LogP contribution is 2.29.